The van der Waals surface area contributed by atoms with Crippen molar-refractivity contribution in [1.82, 2.24) is 4.98 Å². The number of nitrogens with zero attached hydrogens (tertiary/aromatic N) is 1. The van der Waals surface area contributed by atoms with Gasteiger partial charge in [-0.2, -0.15) is 0 Å². The van der Waals surface area contributed by atoms with Crippen LogP contribution in [0, 0.1) is 0 Å². The molecule has 0 aliphatic heterocycles. The third kappa shape index (κ3) is 5.17. The van der Waals surface area contributed by atoms with Crippen LogP contribution in [-0.4, -0.2) is 18.2 Å². The predicted molar refractivity (Wildman–Crippen MR) is 97.1 cm³/mol. The van der Waals surface area contributed by atoms with Crippen molar-refractivity contribution < 1.29 is 13.6 Å². The summed E-state index contributed by atoms with van der Waals surface area (Å²) in [6.07, 6.45) is 3.23. The second-order valence-electron chi connectivity index (χ2n) is 5.38. The molecule has 1 atom stereocenters. The average molecular weight is 348 g/mol. The summed E-state index contributed by atoms with van der Waals surface area (Å²) >= 11 is 0. The zero-order valence-corrected chi connectivity index (χ0v) is 15.1. The van der Waals surface area contributed by atoms with Gasteiger partial charge in [-0.1, -0.05) is 50.2 Å². The molecular weight excluding hydrogens is 323 g/mol. The third-order valence-electron chi connectivity index (χ3n) is 3.33. The quantitative estimate of drug-likeness (QED) is 0.595. The van der Waals surface area contributed by atoms with Gasteiger partial charge in [0.2, 0.25) is 0 Å². The van der Waals surface area contributed by atoms with Crippen LogP contribution < -0.4 is 5.32 Å². The minimum absolute atomic E-state index is 0.383. The Morgan fingerprint density at radius 2 is 1.62 bits per heavy atom. The zero-order chi connectivity index (χ0) is 17.3. The standard InChI is InChI=1S/C18H25N2O3P/c1-3-14-22-24(21,23-15-4-2)18(16-10-6-5-7-11-16)20-17-12-8-9-13-19-17/h5-13,18H,3-4,14-15H2,1-2H3,(H,19,20)/t18-/m0/s1. The maximum Gasteiger partial charge on any atom is 0.357 e. The number of rotatable bonds is 10. The molecule has 2 aromatic rings. The van der Waals surface area contributed by atoms with E-state index in [1.165, 1.54) is 0 Å². The van der Waals surface area contributed by atoms with E-state index in [9.17, 15) is 4.57 Å². The number of benzene rings is 1. The summed E-state index contributed by atoms with van der Waals surface area (Å²) in [5, 5.41) is 3.23. The molecule has 0 bridgehead atoms. The van der Waals surface area contributed by atoms with Gasteiger partial charge in [0.1, 0.15) is 5.82 Å². The van der Waals surface area contributed by atoms with Crippen LogP contribution in [0.15, 0.2) is 54.7 Å². The maximum absolute atomic E-state index is 13.5. The van der Waals surface area contributed by atoms with Crippen molar-refractivity contribution in [1.29, 1.82) is 0 Å². The zero-order valence-electron chi connectivity index (χ0n) is 14.2. The first kappa shape index (κ1) is 18.7. The number of pyridine rings is 1. The molecule has 1 aromatic carbocycles. The third-order valence-corrected chi connectivity index (χ3v) is 5.48. The molecule has 0 fully saturated rings. The van der Waals surface area contributed by atoms with Crippen LogP contribution in [0.5, 0.6) is 0 Å². The van der Waals surface area contributed by atoms with Gasteiger partial charge in [-0.15, -0.1) is 0 Å². The fourth-order valence-electron chi connectivity index (χ4n) is 2.19. The van der Waals surface area contributed by atoms with Gasteiger partial charge in [0, 0.05) is 6.20 Å². The molecule has 1 heterocycles. The number of aromatic nitrogens is 1. The number of nitrogens with one attached hydrogen (secondary N) is 1. The lowest BCUT2D eigenvalue weighted by atomic mass is 10.2. The lowest BCUT2D eigenvalue weighted by molar-refractivity contribution is 0.199. The SMILES string of the molecule is CCCOP(=O)(OCCC)[C@H](Nc1ccccn1)c1ccccc1. The van der Waals surface area contributed by atoms with E-state index in [-0.39, 0.29) is 0 Å². The summed E-state index contributed by atoms with van der Waals surface area (Å²) < 4.78 is 24.9. The van der Waals surface area contributed by atoms with E-state index in [1.807, 2.05) is 62.4 Å². The largest absolute Gasteiger partial charge is 0.357 e. The van der Waals surface area contributed by atoms with Crippen LogP contribution >= 0.6 is 7.60 Å². The molecule has 0 saturated carbocycles. The molecule has 6 heteroatoms. The van der Waals surface area contributed by atoms with E-state index < -0.39 is 13.4 Å². The first-order chi connectivity index (χ1) is 11.7. The first-order valence-electron chi connectivity index (χ1n) is 8.31. The van der Waals surface area contributed by atoms with E-state index >= 15 is 0 Å². The van der Waals surface area contributed by atoms with E-state index in [4.69, 9.17) is 9.05 Å². The van der Waals surface area contributed by atoms with Crippen molar-refractivity contribution in [3.63, 3.8) is 0 Å². The van der Waals surface area contributed by atoms with E-state index in [1.54, 1.807) is 6.20 Å². The Bertz CT molecular complexity index is 625. The molecule has 24 heavy (non-hydrogen) atoms. The Labute approximate surface area is 144 Å². The van der Waals surface area contributed by atoms with Crippen molar-refractivity contribution in [2.24, 2.45) is 0 Å². The van der Waals surface area contributed by atoms with Crippen molar-refractivity contribution in [2.45, 2.75) is 32.5 Å². The lowest BCUT2D eigenvalue weighted by Gasteiger charge is -2.28. The first-order valence-corrected chi connectivity index (χ1v) is 9.92. The average Bonchev–Trinajstić information content (AvgIpc) is 2.64. The van der Waals surface area contributed by atoms with Gasteiger partial charge >= 0.3 is 7.60 Å². The highest BCUT2D eigenvalue weighted by Crippen LogP contribution is 2.60. The molecule has 0 amide bonds. The van der Waals surface area contributed by atoms with Crippen molar-refractivity contribution in [3.05, 3.63) is 60.3 Å². The number of hydrogen-bond acceptors (Lipinski definition) is 5. The summed E-state index contributed by atoms with van der Waals surface area (Å²) in [7, 11) is -3.40. The van der Waals surface area contributed by atoms with Gasteiger partial charge in [0.15, 0.2) is 5.78 Å². The molecule has 0 aliphatic carbocycles. The summed E-state index contributed by atoms with van der Waals surface area (Å²) in [6, 6.07) is 15.1. The Morgan fingerprint density at radius 1 is 1.00 bits per heavy atom. The van der Waals surface area contributed by atoms with E-state index in [2.05, 4.69) is 10.3 Å². The maximum atomic E-state index is 13.5. The van der Waals surface area contributed by atoms with Gasteiger partial charge in [-0.3, -0.25) is 4.57 Å². The van der Waals surface area contributed by atoms with Gasteiger partial charge in [-0.05, 0) is 30.5 Å². The smallest absolute Gasteiger partial charge is 0.353 e. The molecule has 0 saturated heterocycles. The molecule has 0 spiro atoms. The van der Waals surface area contributed by atoms with E-state index in [0.717, 1.165) is 18.4 Å². The van der Waals surface area contributed by atoms with Crippen molar-refractivity contribution >= 4 is 13.4 Å². The monoisotopic (exact) mass is 348 g/mol. The molecule has 5 nitrogen and oxygen atoms in total. The Morgan fingerprint density at radius 3 is 2.17 bits per heavy atom. The number of hydrogen-bond donors (Lipinski definition) is 1. The molecule has 0 radical (unpaired) electrons. The molecule has 0 unspecified atom stereocenters. The van der Waals surface area contributed by atoms with Crippen LogP contribution in [0.1, 0.15) is 38.0 Å². The summed E-state index contributed by atoms with van der Waals surface area (Å²) in [4.78, 5) is 4.27. The Balaban J connectivity index is 2.35. The molecule has 130 valence electrons. The Hall–Kier alpha value is -1.68. The lowest BCUT2D eigenvalue weighted by Crippen LogP contribution is -2.16. The predicted octanol–water partition coefficient (Wildman–Crippen LogP) is 5.24. The fourth-order valence-corrected chi connectivity index (χ4v) is 4.27. The van der Waals surface area contributed by atoms with Crippen LogP contribution in [-0.2, 0) is 13.6 Å². The molecule has 1 aromatic heterocycles. The van der Waals surface area contributed by atoms with Crippen molar-refractivity contribution in [3.8, 4) is 0 Å². The van der Waals surface area contributed by atoms with Gasteiger partial charge in [0.05, 0.1) is 13.2 Å². The van der Waals surface area contributed by atoms with Crippen LogP contribution in [0.3, 0.4) is 0 Å². The highest BCUT2D eigenvalue weighted by molar-refractivity contribution is 7.54. The molecule has 1 N–H and O–H groups in total. The topological polar surface area (TPSA) is 60.5 Å². The van der Waals surface area contributed by atoms with E-state index in [0.29, 0.717) is 19.0 Å². The summed E-state index contributed by atoms with van der Waals surface area (Å²) in [6.45, 7) is 4.73. The minimum atomic E-state index is -3.40. The second-order valence-corrected chi connectivity index (χ2v) is 7.49. The molecule has 0 aliphatic rings. The summed E-state index contributed by atoms with van der Waals surface area (Å²) in [5.74, 6) is 0.0264. The molecular formula is C18H25N2O3P. The minimum Gasteiger partial charge on any atom is -0.353 e. The normalized spacial score (nSPS) is 12.8. The second kappa shape index (κ2) is 9.58. The highest BCUT2D eigenvalue weighted by Gasteiger charge is 2.37. The fraction of sp³-hybridized carbons (Fsp3) is 0.389. The van der Waals surface area contributed by atoms with Crippen molar-refractivity contribution in [2.75, 3.05) is 18.5 Å². The van der Waals surface area contributed by atoms with Crippen LogP contribution in [0.2, 0.25) is 0 Å². The highest BCUT2D eigenvalue weighted by atomic mass is 31.2. The van der Waals surface area contributed by atoms with Crippen LogP contribution in [0.4, 0.5) is 5.82 Å². The number of anilines is 1. The summed E-state index contributed by atoms with van der Waals surface area (Å²) in [5.41, 5.74) is 0.846. The van der Waals surface area contributed by atoms with Gasteiger partial charge < -0.3 is 14.4 Å². The molecule has 2 rings (SSSR count). The Kier molecular flexibility index (Phi) is 7.44. The van der Waals surface area contributed by atoms with Gasteiger partial charge in [0.25, 0.3) is 0 Å². The van der Waals surface area contributed by atoms with Gasteiger partial charge in [-0.25, -0.2) is 4.98 Å². The van der Waals surface area contributed by atoms with Crippen LogP contribution in [0.25, 0.3) is 0 Å².